The maximum absolute atomic E-state index is 11.2. The van der Waals surface area contributed by atoms with Crippen molar-refractivity contribution in [3.05, 3.63) is 83.7 Å². The molecule has 116 valence electrons. The summed E-state index contributed by atoms with van der Waals surface area (Å²) in [5, 5.41) is 4.03. The van der Waals surface area contributed by atoms with Gasteiger partial charge in [0.2, 0.25) is 0 Å². The molecule has 0 heterocycles. The number of ether oxygens (including phenoxy) is 1. The molecule has 2 aromatic rings. The van der Waals surface area contributed by atoms with Crippen molar-refractivity contribution < 1.29 is 9.53 Å². The standard InChI is InChI=1S/C20H19O2P/c1-16(21)22-15-17-9-8-14-20(17)23(18-10-4-2-5-11-18)19-12-6-3-7-13-19/h2-13H,14-15H2,1H3. The van der Waals surface area contributed by atoms with Crippen molar-refractivity contribution in [2.75, 3.05) is 6.61 Å². The van der Waals surface area contributed by atoms with E-state index in [4.69, 9.17) is 4.74 Å². The highest BCUT2D eigenvalue weighted by molar-refractivity contribution is 7.76. The number of carbonyl (C=O) groups excluding carboxylic acids is 1. The van der Waals surface area contributed by atoms with E-state index < -0.39 is 7.92 Å². The third-order valence-electron chi connectivity index (χ3n) is 3.73. The minimum atomic E-state index is -0.596. The zero-order chi connectivity index (χ0) is 16.1. The highest BCUT2D eigenvalue weighted by Gasteiger charge is 2.23. The smallest absolute Gasteiger partial charge is 0.302 e. The maximum Gasteiger partial charge on any atom is 0.302 e. The summed E-state index contributed by atoms with van der Waals surface area (Å²) in [6.45, 7) is 1.82. The van der Waals surface area contributed by atoms with Crippen molar-refractivity contribution in [2.24, 2.45) is 0 Å². The van der Waals surface area contributed by atoms with Crippen molar-refractivity contribution in [1.29, 1.82) is 0 Å². The van der Waals surface area contributed by atoms with Gasteiger partial charge in [-0.25, -0.2) is 0 Å². The molecule has 0 aromatic heterocycles. The monoisotopic (exact) mass is 322 g/mol. The minimum absolute atomic E-state index is 0.235. The van der Waals surface area contributed by atoms with E-state index in [-0.39, 0.29) is 5.97 Å². The molecule has 0 saturated heterocycles. The van der Waals surface area contributed by atoms with Gasteiger partial charge in [0.1, 0.15) is 6.61 Å². The molecule has 3 heteroatoms. The molecule has 1 aliphatic carbocycles. The van der Waals surface area contributed by atoms with Gasteiger partial charge in [0.15, 0.2) is 0 Å². The molecule has 3 rings (SSSR count). The molecule has 0 fully saturated rings. The van der Waals surface area contributed by atoms with Crippen LogP contribution in [-0.4, -0.2) is 12.6 Å². The topological polar surface area (TPSA) is 26.3 Å². The second-order valence-corrected chi connectivity index (χ2v) is 7.61. The number of rotatable bonds is 5. The van der Waals surface area contributed by atoms with E-state index >= 15 is 0 Å². The van der Waals surface area contributed by atoms with Crippen LogP contribution in [0, 0.1) is 0 Å². The Balaban J connectivity index is 2.02. The Bertz CT molecular complexity index is 693. The predicted octanol–water partition coefficient (Wildman–Crippen LogP) is 3.90. The van der Waals surface area contributed by atoms with Gasteiger partial charge in [-0.15, -0.1) is 0 Å². The Morgan fingerprint density at radius 1 is 1.00 bits per heavy atom. The molecule has 2 nitrogen and oxygen atoms in total. The zero-order valence-electron chi connectivity index (χ0n) is 13.1. The fraction of sp³-hybridized carbons (Fsp3) is 0.150. The van der Waals surface area contributed by atoms with Gasteiger partial charge in [-0.1, -0.05) is 72.8 Å². The molecule has 0 radical (unpaired) electrons. The molecule has 23 heavy (non-hydrogen) atoms. The number of hydrogen-bond donors (Lipinski definition) is 0. The number of benzene rings is 2. The molecule has 0 bridgehead atoms. The molecule has 0 aliphatic heterocycles. The molecule has 0 unspecified atom stereocenters. The lowest BCUT2D eigenvalue weighted by molar-refractivity contribution is -0.139. The zero-order valence-corrected chi connectivity index (χ0v) is 14.0. The molecule has 0 amide bonds. The van der Waals surface area contributed by atoms with Crippen molar-refractivity contribution >= 4 is 24.5 Å². The normalized spacial score (nSPS) is 13.7. The van der Waals surface area contributed by atoms with Crippen LogP contribution in [0.1, 0.15) is 13.3 Å². The average molecular weight is 322 g/mol. The van der Waals surface area contributed by atoms with Gasteiger partial charge in [-0.05, 0) is 35.8 Å². The second kappa shape index (κ2) is 7.39. The van der Waals surface area contributed by atoms with Crippen LogP contribution in [0.25, 0.3) is 0 Å². The first-order valence-corrected chi connectivity index (χ1v) is 9.02. The summed E-state index contributed by atoms with van der Waals surface area (Å²) in [7, 11) is -0.596. The number of hydrogen-bond acceptors (Lipinski definition) is 2. The summed E-state index contributed by atoms with van der Waals surface area (Å²) in [6.07, 6.45) is 5.18. The Morgan fingerprint density at radius 2 is 1.57 bits per heavy atom. The minimum Gasteiger partial charge on any atom is -0.461 e. The summed E-state index contributed by atoms with van der Waals surface area (Å²) < 4.78 is 5.24. The summed E-state index contributed by atoms with van der Waals surface area (Å²) in [5.74, 6) is -0.235. The quantitative estimate of drug-likeness (QED) is 0.616. The van der Waals surface area contributed by atoms with Crippen molar-refractivity contribution in [3.63, 3.8) is 0 Å². The summed E-state index contributed by atoms with van der Waals surface area (Å²) >= 11 is 0. The van der Waals surface area contributed by atoms with E-state index in [0.29, 0.717) is 6.61 Å². The summed E-state index contributed by atoms with van der Waals surface area (Å²) in [4.78, 5) is 11.2. The maximum atomic E-state index is 11.2. The van der Waals surface area contributed by atoms with E-state index in [2.05, 4.69) is 60.7 Å². The van der Waals surface area contributed by atoms with Crippen LogP contribution in [0.15, 0.2) is 83.7 Å². The molecule has 0 N–H and O–H groups in total. The lowest BCUT2D eigenvalue weighted by Gasteiger charge is -2.22. The molecule has 0 spiro atoms. The van der Waals surface area contributed by atoms with Crippen molar-refractivity contribution in [1.82, 2.24) is 0 Å². The lowest BCUT2D eigenvalue weighted by Crippen LogP contribution is -2.14. The molecule has 0 saturated carbocycles. The number of esters is 1. The van der Waals surface area contributed by atoms with Gasteiger partial charge < -0.3 is 4.74 Å². The van der Waals surface area contributed by atoms with Crippen molar-refractivity contribution in [2.45, 2.75) is 13.3 Å². The average Bonchev–Trinajstić information content (AvgIpc) is 3.03. The molecular weight excluding hydrogens is 303 g/mol. The highest BCUT2D eigenvalue weighted by atomic mass is 31.1. The molecular formula is C20H19O2P. The SMILES string of the molecule is CC(=O)OCC1=C(P(c2ccccc2)c2ccccc2)CC=C1. The Hall–Kier alpha value is -2.18. The van der Waals surface area contributed by atoms with Gasteiger partial charge in [0.25, 0.3) is 0 Å². The van der Waals surface area contributed by atoms with Gasteiger partial charge in [-0.2, -0.15) is 0 Å². The van der Waals surface area contributed by atoms with Crippen LogP contribution in [-0.2, 0) is 9.53 Å². The lowest BCUT2D eigenvalue weighted by atomic mass is 10.3. The van der Waals surface area contributed by atoms with Gasteiger partial charge >= 0.3 is 5.97 Å². The van der Waals surface area contributed by atoms with E-state index in [1.54, 1.807) is 0 Å². The third kappa shape index (κ3) is 3.78. The first-order chi connectivity index (χ1) is 11.3. The fourth-order valence-electron chi connectivity index (χ4n) is 2.70. The second-order valence-electron chi connectivity index (χ2n) is 5.37. The van der Waals surface area contributed by atoms with E-state index in [0.717, 1.165) is 12.0 Å². The van der Waals surface area contributed by atoms with E-state index in [1.807, 2.05) is 12.1 Å². The Morgan fingerprint density at radius 3 is 2.09 bits per heavy atom. The highest BCUT2D eigenvalue weighted by Crippen LogP contribution is 2.48. The largest absolute Gasteiger partial charge is 0.461 e. The van der Waals surface area contributed by atoms with Crippen LogP contribution in [0.4, 0.5) is 0 Å². The molecule has 1 aliphatic rings. The van der Waals surface area contributed by atoms with Crippen LogP contribution < -0.4 is 10.6 Å². The van der Waals surface area contributed by atoms with E-state index in [1.165, 1.54) is 22.8 Å². The first kappa shape index (κ1) is 15.7. The van der Waals surface area contributed by atoms with Crippen LogP contribution in [0.2, 0.25) is 0 Å². The number of allylic oxidation sites excluding steroid dienone is 2. The van der Waals surface area contributed by atoms with Gasteiger partial charge in [0.05, 0.1) is 0 Å². The van der Waals surface area contributed by atoms with Gasteiger partial charge in [-0.3, -0.25) is 4.79 Å². The third-order valence-corrected chi connectivity index (χ3v) is 6.37. The summed E-state index contributed by atoms with van der Waals surface area (Å²) in [5.41, 5.74) is 1.14. The number of carbonyl (C=O) groups is 1. The fourth-order valence-corrected chi connectivity index (χ4v) is 5.28. The Labute approximate surface area is 138 Å². The molecule has 0 atom stereocenters. The van der Waals surface area contributed by atoms with Crippen LogP contribution >= 0.6 is 7.92 Å². The van der Waals surface area contributed by atoms with Crippen molar-refractivity contribution in [3.8, 4) is 0 Å². The summed E-state index contributed by atoms with van der Waals surface area (Å²) in [6, 6.07) is 21.2. The van der Waals surface area contributed by atoms with Gasteiger partial charge in [0, 0.05) is 6.92 Å². The Kier molecular flexibility index (Phi) is 5.05. The first-order valence-electron chi connectivity index (χ1n) is 7.68. The van der Waals surface area contributed by atoms with Crippen LogP contribution in [0.5, 0.6) is 0 Å². The van der Waals surface area contributed by atoms with E-state index in [9.17, 15) is 4.79 Å². The molecule has 2 aromatic carbocycles. The predicted molar refractivity (Wildman–Crippen MR) is 96.5 cm³/mol. The van der Waals surface area contributed by atoms with Crippen LogP contribution in [0.3, 0.4) is 0 Å².